The molecule has 0 aliphatic carbocycles. The largest absolute Gasteiger partial charge is 0.497 e. The first-order chi connectivity index (χ1) is 15.6. The van der Waals surface area contributed by atoms with Crippen LogP contribution in [0.2, 0.25) is 0 Å². The number of methoxy groups -OCH3 is 2. The first kappa shape index (κ1) is 21.4. The lowest BCUT2D eigenvalue weighted by Gasteiger charge is -2.08. The van der Waals surface area contributed by atoms with Gasteiger partial charge in [-0.25, -0.2) is 4.98 Å². The van der Waals surface area contributed by atoms with E-state index in [4.69, 9.17) is 9.47 Å². The van der Waals surface area contributed by atoms with Crippen LogP contribution in [0.1, 0.15) is 5.56 Å². The van der Waals surface area contributed by atoms with Gasteiger partial charge in [0.25, 0.3) is 0 Å². The molecule has 0 spiro atoms. The van der Waals surface area contributed by atoms with Gasteiger partial charge in [0.05, 0.1) is 32.0 Å². The highest BCUT2D eigenvalue weighted by molar-refractivity contribution is 7.14. The van der Waals surface area contributed by atoms with Crippen LogP contribution in [0.4, 0.5) is 16.5 Å². The van der Waals surface area contributed by atoms with Crippen molar-refractivity contribution in [2.75, 3.05) is 24.9 Å². The molecule has 32 heavy (non-hydrogen) atoms. The summed E-state index contributed by atoms with van der Waals surface area (Å²) in [5.74, 6) is 1.46. The summed E-state index contributed by atoms with van der Waals surface area (Å²) in [5, 5.41) is 9.01. The number of rotatable bonds is 8. The number of thiazole rings is 1. The van der Waals surface area contributed by atoms with Gasteiger partial charge < -0.3 is 20.1 Å². The average Bonchev–Trinajstić information content (AvgIpc) is 3.29. The molecule has 4 rings (SSSR count). The zero-order valence-electron chi connectivity index (χ0n) is 17.8. The summed E-state index contributed by atoms with van der Waals surface area (Å²) in [6, 6.07) is 22.9. The van der Waals surface area contributed by atoms with Gasteiger partial charge in [0, 0.05) is 16.6 Å². The van der Waals surface area contributed by atoms with E-state index in [2.05, 4.69) is 15.6 Å². The van der Waals surface area contributed by atoms with Gasteiger partial charge in [-0.2, -0.15) is 0 Å². The fourth-order valence-electron chi connectivity index (χ4n) is 3.19. The summed E-state index contributed by atoms with van der Waals surface area (Å²) in [4.78, 5) is 17.0. The topological polar surface area (TPSA) is 72.5 Å². The molecule has 162 valence electrons. The minimum Gasteiger partial charge on any atom is -0.497 e. The molecule has 2 N–H and O–H groups in total. The smallest absolute Gasteiger partial charge is 0.228 e. The maximum Gasteiger partial charge on any atom is 0.228 e. The summed E-state index contributed by atoms with van der Waals surface area (Å²) in [6.07, 6.45) is 0.301. The van der Waals surface area contributed by atoms with Crippen molar-refractivity contribution in [1.29, 1.82) is 0 Å². The molecule has 3 aromatic carbocycles. The minimum absolute atomic E-state index is 0.0696. The number of amides is 1. The zero-order chi connectivity index (χ0) is 22.3. The molecule has 6 nitrogen and oxygen atoms in total. The molecular weight excluding hydrogens is 422 g/mol. The second kappa shape index (κ2) is 9.98. The Labute approximate surface area is 190 Å². The molecule has 0 aliphatic rings. The van der Waals surface area contributed by atoms with Gasteiger partial charge >= 0.3 is 0 Å². The van der Waals surface area contributed by atoms with E-state index in [-0.39, 0.29) is 5.91 Å². The van der Waals surface area contributed by atoms with Crippen molar-refractivity contribution < 1.29 is 14.3 Å². The SMILES string of the molecule is COc1ccc(CC(=O)Nc2ccc(-c3csc(Nc4ccccc4OC)n3)cc2)cc1. The quantitative estimate of drug-likeness (QED) is 0.361. The fraction of sp³-hybridized carbons (Fsp3) is 0.120. The molecule has 0 bridgehead atoms. The molecule has 0 radical (unpaired) electrons. The predicted molar refractivity (Wildman–Crippen MR) is 129 cm³/mol. The first-order valence-electron chi connectivity index (χ1n) is 10.0. The molecule has 0 unspecified atom stereocenters. The van der Waals surface area contributed by atoms with Crippen LogP contribution in [0, 0.1) is 0 Å². The van der Waals surface area contributed by atoms with Crippen LogP contribution in [-0.4, -0.2) is 25.1 Å². The molecule has 0 saturated heterocycles. The lowest BCUT2D eigenvalue weighted by atomic mass is 10.1. The Bertz CT molecular complexity index is 1190. The summed E-state index contributed by atoms with van der Waals surface area (Å²) >= 11 is 1.52. The second-order valence-electron chi connectivity index (χ2n) is 7.01. The molecule has 0 aliphatic heterocycles. The van der Waals surface area contributed by atoms with Crippen molar-refractivity contribution >= 4 is 33.8 Å². The molecular formula is C25H23N3O3S. The Morgan fingerprint density at radius 2 is 1.69 bits per heavy atom. The van der Waals surface area contributed by atoms with Crippen molar-refractivity contribution in [2.45, 2.75) is 6.42 Å². The van der Waals surface area contributed by atoms with Crippen LogP contribution in [0.3, 0.4) is 0 Å². The molecule has 0 fully saturated rings. The third-order valence-corrected chi connectivity index (χ3v) is 5.60. The third-order valence-electron chi connectivity index (χ3n) is 4.84. The Morgan fingerprint density at radius 3 is 2.41 bits per heavy atom. The summed E-state index contributed by atoms with van der Waals surface area (Å²) in [6.45, 7) is 0. The monoisotopic (exact) mass is 445 g/mol. The third kappa shape index (κ3) is 5.25. The van der Waals surface area contributed by atoms with Crippen LogP contribution in [0.25, 0.3) is 11.3 Å². The van der Waals surface area contributed by atoms with Crippen LogP contribution in [-0.2, 0) is 11.2 Å². The maximum absolute atomic E-state index is 12.3. The Balaban J connectivity index is 1.37. The highest BCUT2D eigenvalue weighted by Gasteiger charge is 2.09. The number of hydrogen-bond acceptors (Lipinski definition) is 6. The van der Waals surface area contributed by atoms with Crippen LogP contribution < -0.4 is 20.1 Å². The van der Waals surface area contributed by atoms with E-state index < -0.39 is 0 Å². The van der Waals surface area contributed by atoms with Gasteiger partial charge in [-0.1, -0.05) is 36.4 Å². The molecule has 1 aromatic heterocycles. The number of ether oxygens (including phenoxy) is 2. The molecule has 1 amide bonds. The first-order valence-corrected chi connectivity index (χ1v) is 10.9. The van der Waals surface area contributed by atoms with Gasteiger partial charge in [-0.05, 0) is 42.0 Å². The zero-order valence-corrected chi connectivity index (χ0v) is 18.6. The van der Waals surface area contributed by atoms with E-state index in [1.54, 1.807) is 14.2 Å². The van der Waals surface area contributed by atoms with Gasteiger partial charge in [0.1, 0.15) is 11.5 Å². The number of para-hydroxylation sites is 2. The number of nitrogens with one attached hydrogen (secondary N) is 2. The Hall–Kier alpha value is -3.84. The van der Waals surface area contributed by atoms with E-state index in [0.29, 0.717) is 6.42 Å². The second-order valence-corrected chi connectivity index (χ2v) is 7.87. The molecule has 0 saturated carbocycles. The van der Waals surface area contributed by atoms with Crippen molar-refractivity contribution in [2.24, 2.45) is 0 Å². The molecule has 1 heterocycles. The van der Waals surface area contributed by atoms with E-state index in [9.17, 15) is 4.79 Å². The lowest BCUT2D eigenvalue weighted by molar-refractivity contribution is -0.115. The Morgan fingerprint density at radius 1 is 0.938 bits per heavy atom. The maximum atomic E-state index is 12.3. The Kier molecular flexibility index (Phi) is 6.67. The number of anilines is 3. The van der Waals surface area contributed by atoms with E-state index in [0.717, 1.165) is 44.8 Å². The van der Waals surface area contributed by atoms with Crippen molar-refractivity contribution in [3.05, 3.63) is 83.7 Å². The number of nitrogens with zero attached hydrogens (tertiary/aromatic N) is 1. The highest BCUT2D eigenvalue weighted by Crippen LogP contribution is 2.31. The number of hydrogen-bond donors (Lipinski definition) is 2. The van der Waals surface area contributed by atoms with Gasteiger partial charge in [-0.15, -0.1) is 11.3 Å². The average molecular weight is 446 g/mol. The molecule has 4 aromatic rings. The number of carbonyl (C=O) groups is 1. The predicted octanol–water partition coefficient (Wildman–Crippen LogP) is 5.75. The van der Waals surface area contributed by atoms with E-state index in [1.807, 2.05) is 78.2 Å². The highest BCUT2D eigenvalue weighted by atomic mass is 32.1. The number of aromatic nitrogens is 1. The van der Waals surface area contributed by atoms with E-state index in [1.165, 1.54) is 11.3 Å². The van der Waals surface area contributed by atoms with Gasteiger partial charge in [0.2, 0.25) is 5.91 Å². The number of carbonyl (C=O) groups excluding carboxylic acids is 1. The van der Waals surface area contributed by atoms with Gasteiger partial charge in [-0.3, -0.25) is 4.79 Å². The minimum atomic E-state index is -0.0696. The normalized spacial score (nSPS) is 10.4. The number of benzene rings is 3. The van der Waals surface area contributed by atoms with Gasteiger partial charge in [0.15, 0.2) is 5.13 Å². The molecule has 7 heteroatoms. The van der Waals surface area contributed by atoms with Crippen molar-refractivity contribution in [3.8, 4) is 22.8 Å². The summed E-state index contributed by atoms with van der Waals surface area (Å²) in [7, 11) is 3.26. The summed E-state index contributed by atoms with van der Waals surface area (Å²) < 4.78 is 10.5. The van der Waals surface area contributed by atoms with Crippen LogP contribution in [0.5, 0.6) is 11.5 Å². The summed E-state index contributed by atoms with van der Waals surface area (Å²) in [5.41, 5.74) is 4.38. The van der Waals surface area contributed by atoms with Crippen molar-refractivity contribution in [3.63, 3.8) is 0 Å². The standard InChI is InChI=1S/C25H23N3O3S/c1-30-20-13-7-17(8-14-20)15-24(29)26-19-11-9-18(10-12-19)22-16-32-25(28-22)27-21-5-3-4-6-23(21)31-2/h3-14,16H,15H2,1-2H3,(H,26,29)(H,27,28). The lowest BCUT2D eigenvalue weighted by Crippen LogP contribution is -2.14. The van der Waals surface area contributed by atoms with E-state index >= 15 is 0 Å². The molecule has 0 atom stereocenters. The van der Waals surface area contributed by atoms with Crippen LogP contribution in [0.15, 0.2) is 78.2 Å². The fourth-order valence-corrected chi connectivity index (χ4v) is 3.92. The van der Waals surface area contributed by atoms with Crippen molar-refractivity contribution in [1.82, 2.24) is 4.98 Å². The van der Waals surface area contributed by atoms with Crippen LogP contribution >= 0.6 is 11.3 Å².